The molecule has 2 aromatic carbocycles. The summed E-state index contributed by atoms with van der Waals surface area (Å²) >= 11 is 0. The molecule has 2 heterocycles. The molecule has 2 N–H and O–H groups in total. The van der Waals surface area contributed by atoms with Gasteiger partial charge in [-0.3, -0.25) is 4.68 Å². The molecule has 0 aliphatic carbocycles. The first-order chi connectivity index (χ1) is 17.7. The fourth-order valence-electron chi connectivity index (χ4n) is 3.80. The van der Waals surface area contributed by atoms with Gasteiger partial charge in [-0.25, -0.2) is 18.1 Å². The van der Waals surface area contributed by atoms with Crippen molar-refractivity contribution < 1.29 is 13.2 Å². The minimum Gasteiger partial charge on any atom is -0.497 e. The fraction of sp³-hybridized carbons (Fsp3) is 0.286. The number of hydrogen-bond donors (Lipinski definition) is 2. The SMILES string of the molecule is COc1cccc(-c2nn(C(C)(C)C)cc2-c2ccnc(NCCCNS(=O)(=O)c3ccccc3)c2)c1. The predicted molar refractivity (Wildman–Crippen MR) is 147 cm³/mol. The highest BCUT2D eigenvalue weighted by Gasteiger charge is 2.20. The number of methoxy groups -OCH3 is 1. The van der Waals surface area contributed by atoms with Gasteiger partial charge in [0, 0.05) is 36.6 Å². The first-order valence-electron chi connectivity index (χ1n) is 12.2. The van der Waals surface area contributed by atoms with Crippen molar-refractivity contribution in [1.82, 2.24) is 19.5 Å². The lowest BCUT2D eigenvalue weighted by Gasteiger charge is -2.18. The molecule has 0 amide bonds. The molecule has 0 aliphatic heterocycles. The molecular weight excluding hydrogens is 486 g/mol. The Hall–Kier alpha value is -3.69. The van der Waals surface area contributed by atoms with Crippen LogP contribution in [0.4, 0.5) is 5.82 Å². The molecule has 0 spiro atoms. The van der Waals surface area contributed by atoms with E-state index in [1.54, 1.807) is 43.6 Å². The highest BCUT2D eigenvalue weighted by Crippen LogP contribution is 2.34. The molecule has 0 radical (unpaired) electrons. The second-order valence-corrected chi connectivity index (χ2v) is 11.4. The van der Waals surface area contributed by atoms with Crippen molar-refractivity contribution >= 4 is 15.8 Å². The lowest BCUT2D eigenvalue weighted by atomic mass is 10.0. The molecule has 194 valence electrons. The van der Waals surface area contributed by atoms with Gasteiger partial charge in [0.1, 0.15) is 17.3 Å². The van der Waals surface area contributed by atoms with Crippen LogP contribution in [0.5, 0.6) is 5.75 Å². The molecule has 2 aromatic heterocycles. The number of sulfonamides is 1. The normalized spacial score (nSPS) is 11.9. The van der Waals surface area contributed by atoms with Crippen molar-refractivity contribution in [3.05, 3.63) is 79.1 Å². The fourth-order valence-corrected chi connectivity index (χ4v) is 4.90. The number of nitrogens with one attached hydrogen (secondary N) is 2. The van der Waals surface area contributed by atoms with Crippen LogP contribution in [-0.4, -0.2) is 43.4 Å². The van der Waals surface area contributed by atoms with Crippen molar-refractivity contribution in [3.8, 4) is 28.1 Å². The number of pyridine rings is 1. The summed E-state index contributed by atoms with van der Waals surface area (Å²) in [7, 11) is -1.85. The van der Waals surface area contributed by atoms with E-state index in [2.05, 4.69) is 42.0 Å². The summed E-state index contributed by atoms with van der Waals surface area (Å²) in [6, 6.07) is 20.2. The first kappa shape index (κ1) is 26.4. The van der Waals surface area contributed by atoms with Gasteiger partial charge in [0.15, 0.2) is 0 Å². The summed E-state index contributed by atoms with van der Waals surface area (Å²) in [6.45, 7) is 7.24. The molecule has 0 saturated carbocycles. The third kappa shape index (κ3) is 6.55. The minimum atomic E-state index is -3.51. The standard InChI is InChI=1S/C28H33N5O3S/c1-28(2,3)33-20-25(27(32-33)22-10-8-11-23(18-22)36-4)21-14-17-30-26(19-21)29-15-9-16-31-37(34,35)24-12-6-5-7-13-24/h5-8,10-14,17-20,31H,9,15-16H2,1-4H3,(H,29,30). The number of nitrogens with zero attached hydrogens (tertiary/aromatic N) is 3. The average molecular weight is 520 g/mol. The van der Waals surface area contributed by atoms with E-state index in [4.69, 9.17) is 9.84 Å². The van der Waals surface area contributed by atoms with Crippen LogP contribution >= 0.6 is 0 Å². The lowest BCUT2D eigenvalue weighted by molar-refractivity contribution is 0.356. The van der Waals surface area contributed by atoms with Crippen molar-refractivity contribution in [1.29, 1.82) is 0 Å². The minimum absolute atomic E-state index is 0.187. The van der Waals surface area contributed by atoms with Crippen LogP contribution in [0.2, 0.25) is 0 Å². The molecular formula is C28H33N5O3S. The number of rotatable bonds is 10. The Labute approximate surface area is 218 Å². The smallest absolute Gasteiger partial charge is 0.240 e. The zero-order chi connectivity index (χ0) is 26.5. The summed E-state index contributed by atoms with van der Waals surface area (Å²) < 4.78 is 34.8. The predicted octanol–water partition coefficient (Wildman–Crippen LogP) is 5.16. The second kappa shape index (κ2) is 11.1. The van der Waals surface area contributed by atoms with Crippen molar-refractivity contribution in [3.63, 3.8) is 0 Å². The molecule has 0 aliphatic rings. The Morgan fingerprint density at radius 2 is 1.73 bits per heavy atom. The van der Waals surface area contributed by atoms with Crippen LogP contribution in [0.15, 0.2) is 84.0 Å². The molecule has 37 heavy (non-hydrogen) atoms. The Morgan fingerprint density at radius 1 is 0.946 bits per heavy atom. The van der Waals surface area contributed by atoms with Crippen molar-refractivity contribution in [2.24, 2.45) is 0 Å². The van der Waals surface area contributed by atoms with Gasteiger partial charge < -0.3 is 10.1 Å². The van der Waals surface area contributed by atoms with E-state index >= 15 is 0 Å². The van der Waals surface area contributed by atoms with Crippen molar-refractivity contribution in [2.75, 3.05) is 25.5 Å². The second-order valence-electron chi connectivity index (χ2n) is 9.66. The summed E-state index contributed by atoms with van der Waals surface area (Å²) in [5.41, 5.74) is 3.61. The summed E-state index contributed by atoms with van der Waals surface area (Å²) in [6.07, 6.45) is 4.43. The lowest BCUT2D eigenvalue weighted by Crippen LogP contribution is -2.26. The van der Waals surface area contributed by atoms with Gasteiger partial charge in [-0.1, -0.05) is 30.3 Å². The molecule has 0 fully saturated rings. The molecule has 8 nitrogen and oxygen atoms in total. The number of ether oxygens (including phenoxy) is 1. The van der Waals surface area contributed by atoms with Gasteiger partial charge in [0.05, 0.1) is 17.5 Å². The summed E-state index contributed by atoms with van der Waals surface area (Å²) in [5, 5.41) is 8.22. The molecule has 4 rings (SSSR count). The molecule has 0 atom stereocenters. The number of hydrogen-bond acceptors (Lipinski definition) is 6. The Morgan fingerprint density at radius 3 is 2.46 bits per heavy atom. The number of benzene rings is 2. The van der Waals surface area contributed by atoms with E-state index in [0.717, 1.165) is 28.1 Å². The topological polar surface area (TPSA) is 98.1 Å². The van der Waals surface area contributed by atoms with Gasteiger partial charge in [-0.15, -0.1) is 0 Å². The van der Waals surface area contributed by atoms with Crippen LogP contribution in [0.25, 0.3) is 22.4 Å². The third-order valence-electron chi connectivity index (χ3n) is 5.82. The van der Waals surface area contributed by atoms with E-state index in [1.807, 2.05) is 41.1 Å². The Kier molecular flexibility index (Phi) is 7.94. The van der Waals surface area contributed by atoms with E-state index in [9.17, 15) is 8.42 Å². The highest BCUT2D eigenvalue weighted by molar-refractivity contribution is 7.89. The maximum absolute atomic E-state index is 12.4. The number of aromatic nitrogens is 3. The van der Waals surface area contributed by atoms with Crippen LogP contribution in [-0.2, 0) is 15.6 Å². The molecule has 4 aromatic rings. The highest BCUT2D eigenvalue weighted by atomic mass is 32.2. The Balaban J connectivity index is 1.48. The van der Waals surface area contributed by atoms with E-state index in [-0.39, 0.29) is 10.4 Å². The largest absolute Gasteiger partial charge is 0.497 e. The van der Waals surface area contributed by atoms with Gasteiger partial charge in [-0.2, -0.15) is 5.10 Å². The molecule has 0 unspecified atom stereocenters. The molecule has 0 bridgehead atoms. The van der Waals surface area contributed by atoms with E-state index in [1.165, 1.54) is 0 Å². The first-order valence-corrected chi connectivity index (χ1v) is 13.7. The number of anilines is 1. The molecule has 9 heteroatoms. The van der Waals surface area contributed by atoms with E-state index < -0.39 is 10.0 Å². The quantitative estimate of drug-likeness (QED) is 0.281. The maximum Gasteiger partial charge on any atom is 0.240 e. The monoisotopic (exact) mass is 519 g/mol. The average Bonchev–Trinajstić information content (AvgIpc) is 3.36. The van der Waals surface area contributed by atoms with Crippen LogP contribution in [0.1, 0.15) is 27.2 Å². The molecule has 0 saturated heterocycles. The van der Waals surface area contributed by atoms with Gasteiger partial charge >= 0.3 is 0 Å². The van der Waals surface area contributed by atoms with Gasteiger partial charge in [0.25, 0.3) is 0 Å². The third-order valence-corrected chi connectivity index (χ3v) is 7.30. The van der Waals surface area contributed by atoms with Crippen LogP contribution < -0.4 is 14.8 Å². The van der Waals surface area contributed by atoms with Gasteiger partial charge in [0.2, 0.25) is 10.0 Å². The maximum atomic E-state index is 12.4. The summed E-state index contributed by atoms with van der Waals surface area (Å²) in [4.78, 5) is 4.71. The van der Waals surface area contributed by atoms with E-state index in [0.29, 0.717) is 25.3 Å². The van der Waals surface area contributed by atoms with Crippen LogP contribution in [0, 0.1) is 0 Å². The zero-order valence-electron chi connectivity index (χ0n) is 21.6. The zero-order valence-corrected chi connectivity index (χ0v) is 22.4. The van der Waals surface area contributed by atoms with Crippen molar-refractivity contribution in [2.45, 2.75) is 37.6 Å². The Bertz CT molecular complexity index is 1440. The summed E-state index contributed by atoms with van der Waals surface area (Å²) in [5.74, 6) is 1.48. The van der Waals surface area contributed by atoms with Gasteiger partial charge in [-0.05, 0) is 69.2 Å². The van der Waals surface area contributed by atoms with Crippen LogP contribution in [0.3, 0.4) is 0 Å².